The predicted octanol–water partition coefficient (Wildman–Crippen LogP) is 14.7. The van der Waals surface area contributed by atoms with E-state index in [9.17, 15) is 31.2 Å². The Labute approximate surface area is 462 Å². The zero-order valence-corrected chi connectivity index (χ0v) is 48.8. The Morgan fingerprint density at radius 2 is 1.01 bits per heavy atom. The summed E-state index contributed by atoms with van der Waals surface area (Å²) in [5, 5.41) is 9.59. The average Bonchev–Trinajstić information content (AvgIpc) is 3.36. The van der Waals surface area contributed by atoms with Crippen LogP contribution in [0.5, 0.6) is 17.2 Å². The van der Waals surface area contributed by atoms with Crippen molar-refractivity contribution in [3.8, 4) is 17.2 Å². The van der Waals surface area contributed by atoms with Crippen LogP contribution in [0.25, 0.3) is 0 Å². The van der Waals surface area contributed by atoms with E-state index in [0.29, 0.717) is 48.2 Å². The highest BCUT2D eigenvalue weighted by molar-refractivity contribution is 9.10. The molecule has 11 nitrogen and oxygen atoms in total. The first-order valence-corrected chi connectivity index (χ1v) is 28.2. The van der Waals surface area contributed by atoms with E-state index in [0.717, 1.165) is 74.3 Å². The van der Waals surface area contributed by atoms with Crippen LogP contribution in [0, 0.1) is 0 Å². The molecule has 5 rings (SSSR count). The molecule has 0 unspecified atom stereocenters. The number of alkyl halides is 3. The summed E-state index contributed by atoms with van der Waals surface area (Å²) in [7, 11) is -0.612. The van der Waals surface area contributed by atoms with E-state index in [1.54, 1.807) is 58.6 Å². The van der Waals surface area contributed by atoms with Gasteiger partial charge in [-0.3, -0.25) is 4.18 Å². The molecular formula is C55H69Br2F3O11S3. The van der Waals surface area contributed by atoms with Gasteiger partial charge in [0, 0.05) is 24.0 Å². The molecule has 0 fully saturated rings. The molecular weight excluding hydrogens is 1150 g/mol. The van der Waals surface area contributed by atoms with Crippen LogP contribution in [-0.2, 0) is 43.0 Å². The predicted molar refractivity (Wildman–Crippen MR) is 298 cm³/mol. The SMILES string of the molecule is CCOC(=O)c1ccc(S)c(Br)c1.CCOC(=O)c1ccc(S[C@H](C)CCCc2ccc(OC)cc2)c(Br)c1.COc1ccc(CCC[C@H](C)O)cc1.COc1ccc(CCC[C@H](C)OS(=O)(=O)C(F)(F)F)cc1. The number of methoxy groups -OCH3 is 3. The third-order valence-electron chi connectivity index (χ3n) is 10.5. The average molecular weight is 1220 g/mol. The maximum Gasteiger partial charge on any atom is 0.523 e. The number of thioether (sulfide) groups is 1. The lowest BCUT2D eigenvalue weighted by molar-refractivity contribution is -0.0570. The fourth-order valence-electron chi connectivity index (χ4n) is 6.55. The molecule has 0 aliphatic carbocycles. The van der Waals surface area contributed by atoms with Crippen LogP contribution < -0.4 is 14.2 Å². The smallest absolute Gasteiger partial charge is 0.497 e. The normalized spacial score (nSPS) is 12.2. The molecule has 0 aliphatic rings. The minimum Gasteiger partial charge on any atom is -0.497 e. The first kappa shape index (κ1) is 65.9. The highest BCUT2D eigenvalue weighted by Crippen LogP contribution is 2.34. The highest BCUT2D eigenvalue weighted by atomic mass is 79.9. The van der Waals surface area contributed by atoms with Crippen LogP contribution in [-0.4, -0.2) is 83.0 Å². The van der Waals surface area contributed by atoms with Gasteiger partial charge in [0.25, 0.3) is 0 Å². The van der Waals surface area contributed by atoms with Gasteiger partial charge in [-0.1, -0.05) is 43.3 Å². The summed E-state index contributed by atoms with van der Waals surface area (Å²) in [6.45, 7) is 9.73. The Balaban J connectivity index is 0.000000351. The largest absolute Gasteiger partial charge is 0.523 e. The molecule has 0 spiro atoms. The van der Waals surface area contributed by atoms with Gasteiger partial charge in [0.05, 0.1) is 57.9 Å². The van der Waals surface area contributed by atoms with Crippen molar-refractivity contribution >= 4 is 78.3 Å². The van der Waals surface area contributed by atoms with Gasteiger partial charge in [0.15, 0.2) is 0 Å². The molecule has 0 bridgehead atoms. The second-order valence-corrected chi connectivity index (χ2v) is 21.8. The summed E-state index contributed by atoms with van der Waals surface area (Å²) in [4.78, 5) is 25.0. The second-order valence-electron chi connectivity index (χ2n) is 16.6. The number of aliphatic hydroxyl groups is 1. The summed E-state index contributed by atoms with van der Waals surface area (Å²) >= 11 is 12.8. The Hall–Kier alpha value is -4.24. The van der Waals surface area contributed by atoms with Crippen molar-refractivity contribution in [2.75, 3.05) is 34.5 Å². The highest BCUT2D eigenvalue weighted by Gasteiger charge is 2.48. The quantitative estimate of drug-likeness (QED) is 0.0211. The third-order valence-corrected chi connectivity index (χ3v) is 15.2. The van der Waals surface area contributed by atoms with Crippen molar-refractivity contribution in [3.05, 3.63) is 146 Å². The molecule has 3 atom stereocenters. The monoisotopic (exact) mass is 1220 g/mol. The van der Waals surface area contributed by atoms with Gasteiger partial charge in [-0.15, -0.1) is 24.4 Å². The summed E-state index contributed by atoms with van der Waals surface area (Å²) in [6, 6.07) is 34.4. The van der Waals surface area contributed by atoms with Crippen molar-refractivity contribution in [1.29, 1.82) is 0 Å². The van der Waals surface area contributed by atoms with Crippen LogP contribution in [0.2, 0.25) is 0 Å². The fraction of sp³-hybridized carbons (Fsp3) is 0.418. The maximum absolute atomic E-state index is 12.1. The first-order chi connectivity index (χ1) is 35.0. The van der Waals surface area contributed by atoms with Crippen LogP contribution in [0.3, 0.4) is 0 Å². The zero-order chi connectivity index (χ0) is 55.3. The topological polar surface area (TPSA) is 144 Å². The van der Waals surface area contributed by atoms with Gasteiger partial charge in [-0.25, -0.2) is 9.59 Å². The van der Waals surface area contributed by atoms with Crippen molar-refractivity contribution in [1.82, 2.24) is 0 Å². The number of thiol groups is 1. The minimum atomic E-state index is -5.52. The van der Waals surface area contributed by atoms with E-state index in [1.807, 2.05) is 80.2 Å². The maximum atomic E-state index is 12.1. The number of aliphatic hydroxyl groups excluding tert-OH is 1. The summed E-state index contributed by atoms with van der Waals surface area (Å²) in [5.74, 6) is 1.92. The lowest BCUT2D eigenvalue weighted by atomic mass is 10.1. The number of benzene rings is 5. The summed E-state index contributed by atoms with van der Waals surface area (Å²) < 4.78 is 89.0. The minimum absolute atomic E-state index is 0.187. The van der Waals surface area contributed by atoms with Crippen LogP contribution in [0.15, 0.2) is 128 Å². The number of hydrogen-bond donors (Lipinski definition) is 2. The number of esters is 2. The fourth-order valence-corrected chi connectivity index (χ4v) is 9.40. The Morgan fingerprint density at radius 3 is 1.38 bits per heavy atom. The molecule has 19 heteroatoms. The molecule has 0 saturated heterocycles. The van der Waals surface area contributed by atoms with Gasteiger partial charge < -0.3 is 28.8 Å². The van der Waals surface area contributed by atoms with Crippen LogP contribution >= 0.6 is 56.3 Å². The van der Waals surface area contributed by atoms with Gasteiger partial charge in [0.2, 0.25) is 0 Å². The Morgan fingerprint density at radius 1 is 0.622 bits per heavy atom. The third kappa shape index (κ3) is 26.0. The number of aryl methyl sites for hydroxylation is 3. The van der Waals surface area contributed by atoms with E-state index < -0.39 is 21.7 Å². The van der Waals surface area contributed by atoms with E-state index in [2.05, 4.69) is 79.9 Å². The molecule has 1 N–H and O–H groups in total. The first-order valence-electron chi connectivity index (χ1n) is 23.9. The molecule has 74 heavy (non-hydrogen) atoms. The molecule has 0 amide bonds. The van der Waals surface area contributed by atoms with Gasteiger partial charge in [-0.05, 0) is 207 Å². The van der Waals surface area contributed by atoms with E-state index in [1.165, 1.54) is 18.1 Å². The molecule has 0 heterocycles. The summed E-state index contributed by atoms with van der Waals surface area (Å²) in [6.07, 6.45) is 6.39. The standard InChI is InChI=1S/C21H25BrO3S.C13H17F3O4S.C12H18O2.C9H9BrO2S/c1-4-25-21(23)17-10-13-20(19(22)14-17)26-15(2)6-5-7-16-8-11-18(24-3)12-9-16;1-10(20-21(17,18)13(14,15)16)4-3-5-11-6-8-12(19-2)9-7-11;1-10(13)4-3-5-11-6-8-12(14-2)9-7-11;1-2-12-9(11)6-3-4-8(13)7(10)5-6/h8-15H,4-7H2,1-3H3;6-10H,3-5H2,1-2H3;6-10,13H,3-5H2,1-2H3;3-5,13H,2H2,1H3/t15-;2*10-;/m100./s1. The van der Waals surface area contributed by atoms with Crippen LogP contribution in [0.4, 0.5) is 13.2 Å². The van der Waals surface area contributed by atoms with Crippen molar-refractivity contribution in [3.63, 3.8) is 0 Å². The number of carbonyl (C=O) groups is 2. The Bertz CT molecular complexity index is 2510. The van der Waals surface area contributed by atoms with E-state index in [4.69, 9.17) is 28.8 Å². The van der Waals surface area contributed by atoms with Gasteiger partial charge in [-0.2, -0.15) is 21.6 Å². The molecule has 0 aliphatic heterocycles. The number of halogens is 5. The van der Waals surface area contributed by atoms with Gasteiger partial charge >= 0.3 is 27.6 Å². The molecule has 408 valence electrons. The van der Waals surface area contributed by atoms with E-state index in [-0.39, 0.29) is 24.5 Å². The second kappa shape index (κ2) is 35.2. The van der Waals surface area contributed by atoms with Crippen molar-refractivity contribution in [2.45, 2.75) is 125 Å². The Kier molecular flexibility index (Phi) is 31.3. The lowest BCUT2D eigenvalue weighted by Gasteiger charge is -2.14. The molecule has 0 aromatic heterocycles. The van der Waals surface area contributed by atoms with E-state index >= 15 is 0 Å². The molecule has 0 saturated carbocycles. The number of hydrogen-bond acceptors (Lipinski definition) is 13. The van der Waals surface area contributed by atoms with Crippen molar-refractivity contribution in [2.24, 2.45) is 0 Å². The number of carbonyl (C=O) groups excluding carboxylic acids is 2. The zero-order valence-electron chi connectivity index (χ0n) is 43.1. The molecule has 0 radical (unpaired) electrons. The lowest BCUT2D eigenvalue weighted by Crippen LogP contribution is -2.29. The number of ether oxygens (including phenoxy) is 5. The molecule has 5 aromatic carbocycles. The van der Waals surface area contributed by atoms with Gasteiger partial charge in [0.1, 0.15) is 17.2 Å². The molecule has 5 aromatic rings. The summed E-state index contributed by atoms with van der Waals surface area (Å²) in [5.41, 5.74) is -0.644. The van der Waals surface area contributed by atoms with Crippen molar-refractivity contribution < 1.29 is 64.2 Å². The van der Waals surface area contributed by atoms with Crippen LogP contribution in [0.1, 0.15) is 111 Å². The number of rotatable bonds is 23.